The van der Waals surface area contributed by atoms with Crippen LogP contribution in [0.15, 0.2) is 12.3 Å². The van der Waals surface area contributed by atoms with Crippen molar-refractivity contribution >= 4 is 0 Å². The number of hydrogen-bond acceptors (Lipinski definition) is 4. The van der Waals surface area contributed by atoms with Crippen LogP contribution in [0.4, 0.5) is 0 Å². The zero-order valence-corrected chi connectivity index (χ0v) is 14.8. The van der Waals surface area contributed by atoms with E-state index in [1.54, 1.807) is 14.2 Å². The van der Waals surface area contributed by atoms with Crippen molar-refractivity contribution in [2.24, 2.45) is 5.92 Å². The van der Waals surface area contributed by atoms with Crippen molar-refractivity contribution in [1.82, 2.24) is 4.98 Å². The minimum absolute atomic E-state index is 0.132. The molecule has 1 rings (SSSR count). The molecule has 22 heavy (non-hydrogen) atoms. The lowest BCUT2D eigenvalue weighted by Gasteiger charge is -2.21. The van der Waals surface area contributed by atoms with Gasteiger partial charge in [-0.05, 0) is 43.4 Å². The fourth-order valence-electron chi connectivity index (χ4n) is 2.38. The van der Waals surface area contributed by atoms with Gasteiger partial charge in [-0.1, -0.05) is 20.3 Å². The van der Waals surface area contributed by atoms with Gasteiger partial charge in [-0.3, -0.25) is 4.98 Å². The number of aliphatic hydroxyl groups excluding tert-OH is 1. The molecule has 0 saturated carbocycles. The van der Waals surface area contributed by atoms with Crippen molar-refractivity contribution in [3.63, 3.8) is 0 Å². The molecular weight excluding hydrogens is 278 g/mol. The van der Waals surface area contributed by atoms with Crippen molar-refractivity contribution in [3.8, 4) is 0 Å². The summed E-state index contributed by atoms with van der Waals surface area (Å²) in [5, 5.41) is 10.4. The summed E-state index contributed by atoms with van der Waals surface area (Å²) in [6.45, 7) is 8.22. The Kier molecular flexibility index (Phi) is 8.01. The van der Waals surface area contributed by atoms with E-state index in [0.29, 0.717) is 0 Å². The summed E-state index contributed by atoms with van der Waals surface area (Å²) in [5.41, 5.74) is 3.10. The molecule has 0 aliphatic heterocycles. The van der Waals surface area contributed by atoms with Crippen molar-refractivity contribution < 1.29 is 14.6 Å². The molecule has 4 heteroatoms. The number of methoxy groups -OCH3 is 2. The van der Waals surface area contributed by atoms with Crippen molar-refractivity contribution in [1.29, 1.82) is 0 Å². The van der Waals surface area contributed by atoms with E-state index in [2.05, 4.69) is 18.8 Å². The molecule has 1 N–H and O–H groups in total. The molecule has 4 unspecified atom stereocenters. The van der Waals surface area contributed by atoms with Gasteiger partial charge < -0.3 is 14.6 Å². The first-order valence-corrected chi connectivity index (χ1v) is 8.14. The van der Waals surface area contributed by atoms with Crippen LogP contribution in [0.25, 0.3) is 0 Å². The molecule has 1 heterocycles. The SMILES string of the molecule is CCC(C)C(O)c1cc(CC(C)OC)c(CC(C)OC)cn1. The van der Waals surface area contributed by atoms with E-state index < -0.39 is 6.10 Å². The first kappa shape index (κ1) is 19.1. The summed E-state index contributed by atoms with van der Waals surface area (Å²) in [6, 6.07) is 2.03. The Hall–Kier alpha value is -0.970. The Morgan fingerprint density at radius 3 is 2.09 bits per heavy atom. The van der Waals surface area contributed by atoms with Crippen LogP contribution >= 0.6 is 0 Å². The van der Waals surface area contributed by atoms with Gasteiger partial charge in [0.15, 0.2) is 0 Å². The number of pyridine rings is 1. The highest BCUT2D eigenvalue weighted by Gasteiger charge is 2.19. The normalized spacial score (nSPS) is 17.0. The molecule has 4 atom stereocenters. The highest BCUT2D eigenvalue weighted by Crippen LogP contribution is 2.25. The molecule has 126 valence electrons. The second kappa shape index (κ2) is 9.23. The first-order valence-electron chi connectivity index (χ1n) is 8.14. The fourth-order valence-corrected chi connectivity index (χ4v) is 2.38. The Labute approximate surface area is 134 Å². The van der Waals surface area contributed by atoms with Gasteiger partial charge in [0.2, 0.25) is 0 Å². The predicted octanol–water partition coefficient (Wildman–Crippen LogP) is 3.32. The number of aromatic nitrogens is 1. The van der Waals surface area contributed by atoms with Crippen LogP contribution in [0, 0.1) is 5.92 Å². The third-order valence-electron chi connectivity index (χ3n) is 4.41. The minimum Gasteiger partial charge on any atom is -0.387 e. The Bertz CT molecular complexity index is 450. The molecule has 0 spiro atoms. The number of aliphatic hydroxyl groups is 1. The molecule has 1 aromatic heterocycles. The predicted molar refractivity (Wildman–Crippen MR) is 89.0 cm³/mol. The van der Waals surface area contributed by atoms with Gasteiger partial charge in [0.05, 0.1) is 24.0 Å². The Morgan fingerprint density at radius 2 is 1.59 bits per heavy atom. The maximum absolute atomic E-state index is 10.4. The Morgan fingerprint density at radius 1 is 1.05 bits per heavy atom. The fraction of sp³-hybridized carbons (Fsp3) is 0.722. The van der Waals surface area contributed by atoms with Crippen molar-refractivity contribution in [2.45, 2.75) is 65.3 Å². The molecular formula is C18H31NO3. The van der Waals surface area contributed by atoms with Crippen LogP contribution in [-0.4, -0.2) is 36.5 Å². The number of hydrogen-bond donors (Lipinski definition) is 1. The van der Waals surface area contributed by atoms with Crippen LogP contribution in [-0.2, 0) is 22.3 Å². The summed E-state index contributed by atoms with van der Waals surface area (Å²) in [4.78, 5) is 4.48. The highest BCUT2D eigenvalue weighted by molar-refractivity contribution is 5.29. The molecule has 1 aromatic rings. The summed E-state index contributed by atoms with van der Waals surface area (Å²) in [6.07, 6.45) is 4.19. The maximum atomic E-state index is 10.4. The van der Waals surface area contributed by atoms with Crippen LogP contribution < -0.4 is 0 Å². The van der Waals surface area contributed by atoms with Gasteiger partial charge in [-0.15, -0.1) is 0 Å². The third kappa shape index (κ3) is 5.34. The lowest BCUT2D eigenvalue weighted by molar-refractivity contribution is 0.108. The number of rotatable bonds is 9. The van der Waals surface area contributed by atoms with Crippen LogP contribution in [0.1, 0.15) is 57.0 Å². The number of nitrogens with zero attached hydrogens (tertiary/aromatic N) is 1. The monoisotopic (exact) mass is 309 g/mol. The van der Waals surface area contributed by atoms with Gasteiger partial charge in [0.1, 0.15) is 0 Å². The summed E-state index contributed by atoms with van der Waals surface area (Å²) in [5.74, 6) is 0.198. The molecule has 0 radical (unpaired) electrons. The summed E-state index contributed by atoms with van der Waals surface area (Å²) >= 11 is 0. The second-order valence-electron chi connectivity index (χ2n) is 6.21. The van der Waals surface area contributed by atoms with Crippen molar-refractivity contribution in [3.05, 3.63) is 29.1 Å². The smallest absolute Gasteiger partial charge is 0.0985 e. The van der Waals surface area contributed by atoms with Gasteiger partial charge in [0, 0.05) is 26.8 Å². The molecule has 0 fully saturated rings. The van der Waals surface area contributed by atoms with Gasteiger partial charge >= 0.3 is 0 Å². The molecule has 4 nitrogen and oxygen atoms in total. The van der Waals surface area contributed by atoms with Crippen molar-refractivity contribution in [2.75, 3.05) is 14.2 Å². The standard InChI is InChI=1S/C18H31NO3/c1-7-12(2)18(20)17-10-15(8-13(3)21-5)16(11-19-17)9-14(4)22-6/h10-14,18,20H,7-9H2,1-6H3. The van der Waals surface area contributed by atoms with Gasteiger partial charge in [-0.2, -0.15) is 0 Å². The summed E-state index contributed by atoms with van der Waals surface area (Å²) < 4.78 is 10.8. The molecule has 0 aromatic carbocycles. The number of ether oxygens (including phenoxy) is 2. The van der Waals surface area contributed by atoms with E-state index in [0.717, 1.165) is 25.0 Å². The largest absolute Gasteiger partial charge is 0.387 e. The van der Waals surface area contributed by atoms with Gasteiger partial charge in [0.25, 0.3) is 0 Å². The highest BCUT2D eigenvalue weighted by atomic mass is 16.5. The molecule has 0 aliphatic carbocycles. The van der Waals surface area contributed by atoms with E-state index in [-0.39, 0.29) is 18.1 Å². The zero-order valence-electron chi connectivity index (χ0n) is 14.8. The van der Waals surface area contributed by atoms with Gasteiger partial charge in [-0.25, -0.2) is 0 Å². The topological polar surface area (TPSA) is 51.6 Å². The third-order valence-corrected chi connectivity index (χ3v) is 4.41. The average Bonchev–Trinajstić information content (AvgIpc) is 2.54. The maximum Gasteiger partial charge on any atom is 0.0985 e. The first-order chi connectivity index (χ1) is 10.4. The van der Waals surface area contributed by atoms with Crippen LogP contribution in [0.2, 0.25) is 0 Å². The molecule has 0 bridgehead atoms. The molecule has 0 saturated heterocycles. The lowest BCUT2D eigenvalue weighted by Crippen LogP contribution is -2.17. The molecule has 0 aliphatic rings. The van der Waals surface area contributed by atoms with E-state index in [9.17, 15) is 5.11 Å². The van der Waals surface area contributed by atoms with Crippen LogP contribution in [0.5, 0.6) is 0 Å². The lowest BCUT2D eigenvalue weighted by atomic mass is 9.94. The Balaban J connectivity index is 3.07. The van der Waals surface area contributed by atoms with Crippen LogP contribution in [0.3, 0.4) is 0 Å². The second-order valence-corrected chi connectivity index (χ2v) is 6.21. The zero-order chi connectivity index (χ0) is 16.7. The summed E-state index contributed by atoms with van der Waals surface area (Å²) in [7, 11) is 3.44. The van der Waals surface area contributed by atoms with E-state index >= 15 is 0 Å². The van der Waals surface area contributed by atoms with E-state index in [1.807, 2.05) is 26.1 Å². The minimum atomic E-state index is -0.518. The molecule has 0 amide bonds. The van der Waals surface area contributed by atoms with E-state index in [4.69, 9.17) is 9.47 Å². The average molecular weight is 309 g/mol. The van der Waals surface area contributed by atoms with E-state index in [1.165, 1.54) is 11.1 Å². The quantitative estimate of drug-likeness (QED) is 0.760.